The van der Waals surface area contributed by atoms with Crippen molar-refractivity contribution in [2.45, 2.75) is 20.0 Å². The monoisotopic (exact) mass is 265 g/mol. The summed E-state index contributed by atoms with van der Waals surface area (Å²) in [6.07, 6.45) is -0.745. The summed E-state index contributed by atoms with van der Waals surface area (Å²) in [5, 5.41) is 8.81. The van der Waals surface area contributed by atoms with Gasteiger partial charge in [0.25, 0.3) is 5.91 Å². The third kappa shape index (κ3) is 4.37. The van der Waals surface area contributed by atoms with Crippen molar-refractivity contribution < 1.29 is 19.4 Å². The molecule has 1 N–H and O–H groups in total. The summed E-state index contributed by atoms with van der Waals surface area (Å²) >= 11 is 0. The number of carbonyl (C=O) groups is 2. The second-order valence-corrected chi connectivity index (χ2v) is 3.99. The topological polar surface area (TPSA) is 66.8 Å². The number of nitrogens with zero attached hydrogens (tertiary/aromatic N) is 1. The summed E-state index contributed by atoms with van der Waals surface area (Å²) in [6, 6.07) is 9.09. The number of aliphatic carboxylic acids is 1. The highest BCUT2D eigenvalue weighted by molar-refractivity contribution is 5.85. The Kier molecular flexibility index (Phi) is 6.02. The van der Waals surface area contributed by atoms with E-state index in [4.69, 9.17) is 9.84 Å². The molecular formula is C14H19NO4. The Bertz CT molecular complexity index is 419. The molecule has 5 nitrogen and oxygen atoms in total. The standard InChI is InChI=1S/C14H19NO4/c1-3-15(10-12(16)17)14(18)13(19-4-2)11-8-6-5-7-9-11/h5-9,13H,3-4,10H2,1-2H3,(H,16,17). The van der Waals surface area contributed by atoms with Crippen LogP contribution in [0.4, 0.5) is 0 Å². The minimum atomic E-state index is -1.03. The first-order valence-electron chi connectivity index (χ1n) is 6.27. The normalized spacial score (nSPS) is 11.9. The Balaban J connectivity index is 2.91. The van der Waals surface area contributed by atoms with Gasteiger partial charge in [-0.2, -0.15) is 0 Å². The molecule has 0 saturated heterocycles. The quantitative estimate of drug-likeness (QED) is 0.814. The van der Waals surface area contributed by atoms with Crippen LogP contribution in [-0.2, 0) is 14.3 Å². The number of hydrogen-bond acceptors (Lipinski definition) is 3. The molecule has 0 spiro atoms. The van der Waals surface area contributed by atoms with Gasteiger partial charge >= 0.3 is 5.97 Å². The highest BCUT2D eigenvalue weighted by atomic mass is 16.5. The molecule has 1 rings (SSSR count). The van der Waals surface area contributed by atoms with Gasteiger partial charge in [0.2, 0.25) is 0 Å². The van der Waals surface area contributed by atoms with Crippen LogP contribution in [-0.4, -0.2) is 41.6 Å². The third-order valence-electron chi connectivity index (χ3n) is 2.68. The third-order valence-corrected chi connectivity index (χ3v) is 2.68. The average molecular weight is 265 g/mol. The molecule has 1 aromatic rings. The van der Waals surface area contributed by atoms with Gasteiger partial charge in [-0.1, -0.05) is 30.3 Å². The van der Waals surface area contributed by atoms with Crippen LogP contribution in [0.25, 0.3) is 0 Å². The highest BCUT2D eigenvalue weighted by Crippen LogP contribution is 2.19. The number of carbonyl (C=O) groups excluding carboxylic acids is 1. The first kappa shape index (κ1) is 15.2. The average Bonchev–Trinajstić information content (AvgIpc) is 2.42. The van der Waals surface area contributed by atoms with Gasteiger partial charge in [-0.05, 0) is 19.4 Å². The van der Waals surface area contributed by atoms with Gasteiger partial charge < -0.3 is 14.7 Å². The second-order valence-electron chi connectivity index (χ2n) is 3.99. The zero-order valence-electron chi connectivity index (χ0n) is 11.2. The van der Waals surface area contributed by atoms with Gasteiger partial charge in [-0.25, -0.2) is 0 Å². The van der Waals surface area contributed by atoms with E-state index in [1.165, 1.54) is 4.90 Å². The number of rotatable bonds is 7. The van der Waals surface area contributed by atoms with E-state index < -0.39 is 12.1 Å². The van der Waals surface area contributed by atoms with E-state index >= 15 is 0 Å². The molecule has 1 atom stereocenters. The van der Waals surface area contributed by atoms with Crippen LogP contribution in [0.5, 0.6) is 0 Å². The van der Waals surface area contributed by atoms with Crippen LogP contribution in [0.3, 0.4) is 0 Å². The van der Waals surface area contributed by atoms with Crippen LogP contribution in [0.15, 0.2) is 30.3 Å². The van der Waals surface area contributed by atoms with Crippen LogP contribution >= 0.6 is 0 Å². The number of likely N-dealkylation sites (N-methyl/N-ethyl adjacent to an activating group) is 1. The summed E-state index contributed by atoms with van der Waals surface area (Å²) in [5.74, 6) is -1.35. The maximum atomic E-state index is 12.3. The van der Waals surface area contributed by atoms with Gasteiger partial charge in [-0.3, -0.25) is 9.59 Å². The molecule has 0 aliphatic rings. The minimum absolute atomic E-state index is 0.314. The number of benzene rings is 1. The van der Waals surface area contributed by atoms with Gasteiger partial charge in [0.1, 0.15) is 6.54 Å². The minimum Gasteiger partial charge on any atom is -0.480 e. The summed E-state index contributed by atoms with van der Waals surface area (Å²) in [5.41, 5.74) is 0.734. The molecule has 104 valence electrons. The first-order chi connectivity index (χ1) is 9.10. The molecule has 19 heavy (non-hydrogen) atoms. The number of carboxylic acids is 1. The summed E-state index contributed by atoms with van der Waals surface area (Å²) in [4.78, 5) is 24.4. The lowest BCUT2D eigenvalue weighted by atomic mass is 10.1. The molecule has 0 saturated carbocycles. The molecule has 0 aromatic heterocycles. The van der Waals surface area contributed by atoms with Crippen molar-refractivity contribution in [2.75, 3.05) is 19.7 Å². The van der Waals surface area contributed by atoms with Crippen molar-refractivity contribution in [1.82, 2.24) is 4.90 Å². The van der Waals surface area contributed by atoms with Crippen LogP contribution in [0.1, 0.15) is 25.5 Å². The fourth-order valence-corrected chi connectivity index (χ4v) is 1.78. The SMILES string of the molecule is CCOC(C(=O)N(CC)CC(=O)O)c1ccccc1. The summed E-state index contributed by atoms with van der Waals surface area (Å²) in [7, 11) is 0. The van der Waals surface area contributed by atoms with Crippen molar-refractivity contribution in [1.29, 1.82) is 0 Å². The Morgan fingerprint density at radius 3 is 2.37 bits per heavy atom. The Morgan fingerprint density at radius 2 is 1.89 bits per heavy atom. The fraction of sp³-hybridized carbons (Fsp3) is 0.429. The lowest BCUT2D eigenvalue weighted by molar-refractivity contribution is -0.150. The Hall–Kier alpha value is -1.88. The molecule has 0 heterocycles. The molecule has 1 unspecified atom stereocenters. The zero-order valence-corrected chi connectivity index (χ0v) is 11.2. The highest BCUT2D eigenvalue weighted by Gasteiger charge is 2.26. The van der Waals surface area contributed by atoms with Crippen molar-refractivity contribution in [3.63, 3.8) is 0 Å². The van der Waals surface area contributed by atoms with E-state index in [2.05, 4.69) is 0 Å². The maximum Gasteiger partial charge on any atom is 0.323 e. The zero-order chi connectivity index (χ0) is 14.3. The lowest BCUT2D eigenvalue weighted by Crippen LogP contribution is -2.39. The van der Waals surface area contributed by atoms with Gasteiger partial charge in [0.05, 0.1) is 0 Å². The molecule has 1 amide bonds. The van der Waals surface area contributed by atoms with E-state index in [1.54, 1.807) is 26.0 Å². The van der Waals surface area contributed by atoms with Crippen molar-refractivity contribution >= 4 is 11.9 Å². The largest absolute Gasteiger partial charge is 0.480 e. The summed E-state index contributed by atoms with van der Waals surface area (Å²) < 4.78 is 5.47. The second kappa shape index (κ2) is 7.53. The fourth-order valence-electron chi connectivity index (χ4n) is 1.78. The molecule has 0 aliphatic heterocycles. The van der Waals surface area contributed by atoms with E-state index in [-0.39, 0.29) is 12.5 Å². The molecule has 5 heteroatoms. The Labute approximate surface area is 112 Å². The molecule has 0 aliphatic carbocycles. The van der Waals surface area contributed by atoms with E-state index in [9.17, 15) is 9.59 Å². The van der Waals surface area contributed by atoms with E-state index in [0.29, 0.717) is 13.2 Å². The molecule has 0 bridgehead atoms. The number of carboxylic acid groups (broad SMARTS) is 1. The van der Waals surface area contributed by atoms with Crippen molar-refractivity contribution in [3.05, 3.63) is 35.9 Å². The van der Waals surface area contributed by atoms with E-state index in [0.717, 1.165) is 5.56 Å². The first-order valence-corrected chi connectivity index (χ1v) is 6.27. The van der Waals surface area contributed by atoms with Crippen LogP contribution in [0, 0.1) is 0 Å². The predicted octanol–water partition coefficient (Wildman–Crippen LogP) is 1.70. The maximum absolute atomic E-state index is 12.3. The molecule has 0 radical (unpaired) electrons. The van der Waals surface area contributed by atoms with Crippen LogP contribution in [0.2, 0.25) is 0 Å². The van der Waals surface area contributed by atoms with Crippen LogP contribution < -0.4 is 0 Å². The lowest BCUT2D eigenvalue weighted by Gasteiger charge is -2.25. The number of amides is 1. The van der Waals surface area contributed by atoms with Gasteiger partial charge in [0.15, 0.2) is 6.10 Å². The van der Waals surface area contributed by atoms with Crippen molar-refractivity contribution in [3.8, 4) is 0 Å². The Morgan fingerprint density at radius 1 is 1.26 bits per heavy atom. The van der Waals surface area contributed by atoms with E-state index in [1.807, 2.05) is 18.2 Å². The number of hydrogen-bond donors (Lipinski definition) is 1. The number of ether oxygens (including phenoxy) is 1. The molecule has 1 aromatic carbocycles. The van der Waals surface area contributed by atoms with Gasteiger partial charge in [-0.15, -0.1) is 0 Å². The van der Waals surface area contributed by atoms with Crippen molar-refractivity contribution in [2.24, 2.45) is 0 Å². The molecule has 0 fully saturated rings. The smallest absolute Gasteiger partial charge is 0.323 e. The predicted molar refractivity (Wildman–Crippen MR) is 70.7 cm³/mol. The summed E-state index contributed by atoms with van der Waals surface area (Å²) in [6.45, 7) is 3.95. The van der Waals surface area contributed by atoms with Gasteiger partial charge in [0, 0.05) is 13.2 Å². The molecular weight excluding hydrogens is 246 g/mol.